The van der Waals surface area contributed by atoms with Gasteiger partial charge in [-0.05, 0) is 66.7 Å². The number of alkyl halides is 3. The number of urea groups is 1. The third-order valence-electron chi connectivity index (χ3n) is 4.78. The van der Waals surface area contributed by atoms with E-state index >= 15 is 0 Å². The number of nitrogens with zero attached hydrogens (tertiary/aromatic N) is 2. The molecule has 2 heterocycles. The van der Waals surface area contributed by atoms with Crippen molar-refractivity contribution < 1.29 is 27.5 Å². The highest BCUT2D eigenvalue weighted by atomic mass is 19.4. The molecule has 0 aliphatic rings. The first kappa shape index (κ1) is 24.2. The van der Waals surface area contributed by atoms with Gasteiger partial charge in [-0.1, -0.05) is 0 Å². The largest absolute Gasteiger partial charge is 0.457 e. The van der Waals surface area contributed by atoms with Gasteiger partial charge in [0.25, 0.3) is 5.91 Å². The molecular weight excluding hydrogens is 475 g/mol. The van der Waals surface area contributed by atoms with E-state index in [9.17, 15) is 22.8 Å². The maximum atomic E-state index is 13.3. The van der Waals surface area contributed by atoms with Crippen molar-refractivity contribution in [2.45, 2.75) is 6.18 Å². The molecule has 3 N–H and O–H groups in total. The number of hydrogen-bond acceptors (Lipinski definition) is 5. The molecule has 0 saturated carbocycles. The monoisotopic (exact) mass is 493 g/mol. The van der Waals surface area contributed by atoms with Crippen molar-refractivity contribution in [3.63, 3.8) is 0 Å². The van der Waals surface area contributed by atoms with Crippen LogP contribution in [0.4, 0.5) is 35.0 Å². The van der Waals surface area contributed by atoms with E-state index in [4.69, 9.17) is 4.74 Å². The number of aromatic nitrogens is 2. The normalized spacial score (nSPS) is 10.9. The predicted octanol–water partition coefficient (Wildman–Crippen LogP) is 6.18. The summed E-state index contributed by atoms with van der Waals surface area (Å²) in [7, 11) is 0. The summed E-state index contributed by atoms with van der Waals surface area (Å²) in [5, 5.41) is 7.41. The Kier molecular flexibility index (Phi) is 7.10. The topological polar surface area (TPSA) is 105 Å². The minimum Gasteiger partial charge on any atom is -0.457 e. The highest BCUT2D eigenvalue weighted by Crippen LogP contribution is 2.34. The first-order valence-electron chi connectivity index (χ1n) is 10.5. The lowest BCUT2D eigenvalue weighted by molar-refractivity contribution is -0.137. The molecule has 0 aliphatic carbocycles. The van der Waals surface area contributed by atoms with Gasteiger partial charge in [0.05, 0.1) is 16.9 Å². The van der Waals surface area contributed by atoms with Crippen LogP contribution >= 0.6 is 0 Å². The Hall–Kier alpha value is -4.93. The summed E-state index contributed by atoms with van der Waals surface area (Å²) in [4.78, 5) is 32.8. The zero-order valence-corrected chi connectivity index (χ0v) is 18.4. The van der Waals surface area contributed by atoms with Gasteiger partial charge in [0.15, 0.2) is 0 Å². The Balaban J connectivity index is 1.48. The van der Waals surface area contributed by atoms with Gasteiger partial charge in [0, 0.05) is 36.0 Å². The summed E-state index contributed by atoms with van der Waals surface area (Å²) in [5.74, 6) is 0.505. The van der Waals surface area contributed by atoms with Crippen LogP contribution in [0.3, 0.4) is 0 Å². The van der Waals surface area contributed by atoms with Crippen molar-refractivity contribution in [2.24, 2.45) is 0 Å². The van der Waals surface area contributed by atoms with Crippen LogP contribution in [-0.2, 0) is 6.18 Å². The first-order valence-corrected chi connectivity index (χ1v) is 10.5. The minimum atomic E-state index is -4.65. The van der Waals surface area contributed by atoms with E-state index in [-0.39, 0.29) is 16.9 Å². The van der Waals surface area contributed by atoms with Crippen LogP contribution in [0.25, 0.3) is 0 Å². The minimum absolute atomic E-state index is 0.0129. The van der Waals surface area contributed by atoms with E-state index in [0.717, 1.165) is 18.2 Å². The number of anilines is 3. The van der Waals surface area contributed by atoms with E-state index in [1.807, 2.05) is 0 Å². The number of benzene rings is 2. The number of carbonyl (C=O) groups excluding carboxylic acids is 2. The summed E-state index contributed by atoms with van der Waals surface area (Å²) in [6.45, 7) is 0. The molecule has 0 bridgehead atoms. The lowest BCUT2D eigenvalue weighted by atomic mass is 10.1. The first-order chi connectivity index (χ1) is 17.3. The fraction of sp³-hybridized carbons (Fsp3) is 0.0400. The summed E-state index contributed by atoms with van der Waals surface area (Å²) >= 11 is 0. The number of ether oxygens (including phenoxy) is 1. The van der Waals surface area contributed by atoms with Crippen molar-refractivity contribution in [1.29, 1.82) is 0 Å². The predicted molar refractivity (Wildman–Crippen MR) is 127 cm³/mol. The number of amides is 3. The Morgan fingerprint density at radius 2 is 1.31 bits per heavy atom. The molecule has 2 aromatic carbocycles. The van der Waals surface area contributed by atoms with E-state index in [1.165, 1.54) is 24.5 Å². The molecule has 2 aromatic heterocycles. The number of nitrogens with one attached hydrogen (secondary N) is 3. The van der Waals surface area contributed by atoms with Gasteiger partial charge in [0.2, 0.25) is 0 Å². The third-order valence-corrected chi connectivity index (χ3v) is 4.78. The van der Waals surface area contributed by atoms with Gasteiger partial charge in [-0.15, -0.1) is 0 Å². The zero-order valence-electron chi connectivity index (χ0n) is 18.4. The van der Waals surface area contributed by atoms with E-state index in [1.54, 1.807) is 48.8 Å². The molecule has 0 unspecified atom stereocenters. The fourth-order valence-corrected chi connectivity index (χ4v) is 3.06. The zero-order chi connectivity index (χ0) is 25.5. The molecule has 8 nitrogen and oxygen atoms in total. The van der Waals surface area contributed by atoms with Crippen LogP contribution in [0.5, 0.6) is 11.5 Å². The number of carbonyl (C=O) groups is 2. The molecule has 36 heavy (non-hydrogen) atoms. The number of halogens is 3. The van der Waals surface area contributed by atoms with Crippen LogP contribution in [-0.4, -0.2) is 21.9 Å². The summed E-state index contributed by atoms with van der Waals surface area (Å²) in [6, 6.07) is 14.4. The quantitative estimate of drug-likeness (QED) is 0.297. The fourth-order valence-electron chi connectivity index (χ4n) is 3.06. The van der Waals surface area contributed by atoms with Crippen LogP contribution in [0.1, 0.15) is 15.9 Å². The Morgan fingerprint density at radius 1 is 0.694 bits per heavy atom. The molecule has 182 valence electrons. The second-order valence-electron chi connectivity index (χ2n) is 7.34. The van der Waals surface area contributed by atoms with Crippen molar-refractivity contribution in [3.05, 3.63) is 103 Å². The van der Waals surface area contributed by atoms with Crippen LogP contribution in [0.2, 0.25) is 0 Å². The molecule has 3 amide bonds. The Morgan fingerprint density at radius 3 is 1.94 bits per heavy atom. The highest BCUT2D eigenvalue weighted by Gasteiger charge is 2.31. The van der Waals surface area contributed by atoms with Crippen molar-refractivity contribution in [3.8, 4) is 11.5 Å². The van der Waals surface area contributed by atoms with Crippen LogP contribution in [0, 0.1) is 0 Å². The molecular formula is C25H18F3N5O3. The molecule has 0 radical (unpaired) electrons. The van der Waals surface area contributed by atoms with E-state index < -0.39 is 23.7 Å². The van der Waals surface area contributed by atoms with Gasteiger partial charge in [-0.25, -0.2) is 4.79 Å². The molecule has 11 heteroatoms. The van der Waals surface area contributed by atoms with Gasteiger partial charge >= 0.3 is 12.2 Å². The molecule has 4 aromatic rings. The second kappa shape index (κ2) is 10.6. The number of hydrogen-bond donors (Lipinski definition) is 3. The Bertz CT molecular complexity index is 1350. The van der Waals surface area contributed by atoms with E-state index in [0.29, 0.717) is 17.2 Å². The molecule has 0 fully saturated rings. The van der Waals surface area contributed by atoms with Gasteiger partial charge in [-0.2, -0.15) is 13.2 Å². The average Bonchev–Trinajstić information content (AvgIpc) is 2.87. The maximum absolute atomic E-state index is 13.3. The lowest BCUT2D eigenvalue weighted by Crippen LogP contribution is -2.22. The van der Waals surface area contributed by atoms with Crippen LogP contribution < -0.4 is 20.7 Å². The van der Waals surface area contributed by atoms with Crippen molar-refractivity contribution in [2.75, 3.05) is 16.0 Å². The smallest absolute Gasteiger partial charge is 0.416 e. The Labute approximate surface area is 203 Å². The number of pyridine rings is 2. The lowest BCUT2D eigenvalue weighted by Gasteiger charge is -2.16. The van der Waals surface area contributed by atoms with Gasteiger partial charge in [0.1, 0.15) is 11.5 Å². The maximum Gasteiger partial charge on any atom is 0.416 e. The molecule has 0 atom stereocenters. The van der Waals surface area contributed by atoms with Crippen molar-refractivity contribution >= 4 is 29.0 Å². The molecule has 0 aliphatic heterocycles. The highest BCUT2D eigenvalue weighted by molar-refractivity contribution is 6.08. The summed E-state index contributed by atoms with van der Waals surface area (Å²) in [6.07, 6.45) is 1.32. The summed E-state index contributed by atoms with van der Waals surface area (Å²) < 4.78 is 45.5. The number of rotatable bonds is 6. The van der Waals surface area contributed by atoms with Gasteiger partial charge < -0.3 is 20.7 Å². The third kappa shape index (κ3) is 6.35. The van der Waals surface area contributed by atoms with Crippen molar-refractivity contribution in [1.82, 2.24) is 9.97 Å². The van der Waals surface area contributed by atoms with Crippen LogP contribution in [0.15, 0.2) is 91.5 Å². The van der Waals surface area contributed by atoms with Gasteiger partial charge in [-0.3, -0.25) is 14.8 Å². The van der Waals surface area contributed by atoms with E-state index in [2.05, 4.69) is 25.9 Å². The molecule has 0 saturated heterocycles. The second-order valence-corrected chi connectivity index (χ2v) is 7.34. The molecule has 4 rings (SSSR count). The molecule has 0 spiro atoms. The SMILES string of the molecule is O=C(Nc1ccc(Oc2ccncc2)cc1)Nc1cc(C(F)(F)F)ccc1NC(=O)c1ccncc1. The standard InChI is InChI=1S/C25H18F3N5O3/c26-25(27,28)17-1-6-21(32-23(34)16-7-11-29-12-8-16)22(15-17)33-24(35)31-18-2-4-19(5-3-18)36-20-9-13-30-14-10-20/h1-15H,(H,32,34)(H2,31,33,35). The average molecular weight is 493 g/mol. The summed E-state index contributed by atoms with van der Waals surface area (Å²) in [5.41, 5.74) is -0.626.